The molecule has 0 radical (unpaired) electrons. The lowest BCUT2D eigenvalue weighted by Crippen LogP contribution is -2.41. The van der Waals surface area contributed by atoms with Gasteiger partial charge < -0.3 is 0 Å². The van der Waals surface area contributed by atoms with Crippen LogP contribution in [0.2, 0.25) is 5.15 Å². The van der Waals surface area contributed by atoms with Gasteiger partial charge in [0.15, 0.2) is 5.15 Å². The lowest BCUT2D eigenvalue weighted by atomic mass is 10.4. The van der Waals surface area contributed by atoms with Crippen molar-refractivity contribution in [2.24, 2.45) is 0 Å². The second-order valence-electron chi connectivity index (χ2n) is 5.16. The van der Waals surface area contributed by atoms with Crippen LogP contribution in [0.3, 0.4) is 0 Å². The lowest BCUT2D eigenvalue weighted by Gasteiger charge is -2.21. The molecule has 2 aromatic heterocycles. The summed E-state index contributed by atoms with van der Waals surface area (Å²) < 4.78 is 25.4. The molecule has 0 saturated heterocycles. The monoisotopic (exact) mass is 381 g/mol. The summed E-state index contributed by atoms with van der Waals surface area (Å²) in [6.45, 7) is -0.441. The van der Waals surface area contributed by atoms with Gasteiger partial charge >= 0.3 is 0 Å². The zero-order chi connectivity index (χ0) is 18.6. The van der Waals surface area contributed by atoms with Crippen molar-refractivity contribution in [2.75, 3.05) is 31.3 Å². The first kappa shape index (κ1) is 18.9. The predicted molar refractivity (Wildman–Crippen MR) is 95.0 cm³/mol. The van der Waals surface area contributed by atoms with Gasteiger partial charge in [0.1, 0.15) is 5.69 Å². The van der Waals surface area contributed by atoms with Crippen LogP contribution < -0.4 is 4.90 Å². The van der Waals surface area contributed by atoms with E-state index in [9.17, 15) is 13.2 Å². The van der Waals surface area contributed by atoms with Crippen LogP contribution in [0.4, 0.5) is 5.69 Å². The van der Waals surface area contributed by atoms with E-state index in [0.29, 0.717) is 5.69 Å². The second kappa shape index (κ2) is 7.65. The van der Waals surface area contributed by atoms with Crippen molar-refractivity contribution < 1.29 is 13.2 Å². The maximum absolute atomic E-state index is 12.5. The van der Waals surface area contributed by atoms with Gasteiger partial charge in [-0.3, -0.25) is 14.7 Å². The topological polar surface area (TPSA) is 88.4 Å². The Morgan fingerprint density at radius 1 is 1.48 bits per heavy atom. The van der Waals surface area contributed by atoms with Crippen LogP contribution in [-0.4, -0.2) is 59.8 Å². The van der Waals surface area contributed by atoms with Crippen LogP contribution in [0, 0.1) is 12.3 Å². The second-order valence-corrected chi connectivity index (χ2v) is 7.61. The molecule has 2 rings (SSSR count). The molecular formula is C15H16ClN5O3S. The van der Waals surface area contributed by atoms with Gasteiger partial charge in [-0.1, -0.05) is 17.5 Å². The first-order valence-corrected chi connectivity index (χ1v) is 9.27. The van der Waals surface area contributed by atoms with E-state index in [2.05, 4.69) is 16.0 Å². The number of amides is 1. The van der Waals surface area contributed by atoms with Gasteiger partial charge in [0.2, 0.25) is 15.9 Å². The Hall–Kier alpha value is -2.41. The molecule has 0 N–H and O–H groups in total. The molecule has 0 spiro atoms. The van der Waals surface area contributed by atoms with Crippen molar-refractivity contribution in [1.82, 2.24) is 19.1 Å². The maximum Gasteiger partial charge on any atom is 0.243 e. The van der Waals surface area contributed by atoms with E-state index < -0.39 is 15.9 Å². The number of anilines is 1. The SMILES string of the molecule is C#CCN(C(=O)CN(C)S(C)(=O)=O)c1cn(-c2cccnc2)nc1Cl. The number of rotatable bonds is 6. The highest BCUT2D eigenvalue weighted by atomic mass is 35.5. The molecule has 10 heteroatoms. The highest BCUT2D eigenvalue weighted by Crippen LogP contribution is 2.26. The van der Waals surface area contributed by atoms with E-state index in [-0.39, 0.29) is 23.9 Å². The number of sulfonamides is 1. The largest absolute Gasteiger partial charge is 0.295 e. The van der Waals surface area contributed by atoms with E-state index in [0.717, 1.165) is 10.6 Å². The molecule has 0 aliphatic heterocycles. The van der Waals surface area contributed by atoms with Crippen molar-refractivity contribution in [2.45, 2.75) is 0 Å². The molecule has 2 heterocycles. The van der Waals surface area contributed by atoms with E-state index in [1.807, 2.05) is 0 Å². The highest BCUT2D eigenvalue weighted by molar-refractivity contribution is 7.88. The summed E-state index contributed by atoms with van der Waals surface area (Å²) in [6.07, 6.45) is 11.1. The highest BCUT2D eigenvalue weighted by Gasteiger charge is 2.24. The normalized spacial score (nSPS) is 11.3. The number of likely N-dealkylation sites (N-methyl/N-ethyl adjacent to an activating group) is 1. The van der Waals surface area contributed by atoms with Crippen molar-refractivity contribution in [1.29, 1.82) is 0 Å². The molecule has 0 fully saturated rings. The summed E-state index contributed by atoms with van der Waals surface area (Å²) in [4.78, 5) is 17.7. The number of halogens is 1. The minimum absolute atomic E-state index is 0.0643. The van der Waals surface area contributed by atoms with Crippen LogP contribution in [0.15, 0.2) is 30.7 Å². The molecule has 25 heavy (non-hydrogen) atoms. The van der Waals surface area contributed by atoms with Gasteiger partial charge in [-0.25, -0.2) is 13.1 Å². The zero-order valence-corrected chi connectivity index (χ0v) is 15.2. The number of hydrogen-bond donors (Lipinski definition) is 0. The van der Waals surface area contributed by atoms with Gasteiger partial charge in [-0.05, 0) is 12.1 Å². The molecular weight excluding hydrogens is 366 g/mol. The molecule has 0 unspecified atom stereocenters. The minimum atomic E-state index is -3.50. The smallest absolute Gasteiger partial charge is 0.243 e. The summed E-state index contributed by atoms with van der Waals surface area (Å²) in [7, 11) is -2.20. The third kappa shape index (κ3) is 4.57. The number of nitrogens with zero attached hydrogens (tertiary/aromatic N) is 5. The summed E-state index contributed by atoms with van der Waals surface area (Å²) in [5, 5.41) is 4.21. The molecule has 132 valence electrons. The first-order chi connectivity index (χ1) is 11.7. The van der Waals surface area contributed by atoms with Crippen LogP contribution in [0.25, 0.3) is 5.69 Å². The zero-order valence-electron chi connectivity index (χ0n) is 13.6. The molecule has 2 aromatic rings. The van der Waals surface area contributed by atoms with Crippen LogP contribution in [0.1, 0.15) is 0 Å². The number of hydrogen-bond acceptors (Lipinski definition) is 5. The molecule has 0 atom stereocenters. The summed E-state index contributed by atoms with van der Waals surface area (Å²) in [6, 6.07) is 3.50. The van der Waals surface area contributed by atoms with Crippen molar-refractivity contribution in [3.8, 4) is 18.0 Å². The Kier molecular flexibility index (Phi) is 5.79. The number of pyridine rings is 1. The Morgan fingerprint density at radius 3 is 2.76 bits per heavy atom. The summed E-state index contributed by atoms with van der Waals surface area (Å²) in [5.74, 6) is 1.85. The molecule has 8 nitrogen and oxygen atoms in total. The molecule has 0 aliphatic rings. The van der Waals surface area contributed by atoms with Gasteiger partial charge in [0.25, 0.3) is 0 Å². The van der Waals surface area contributed by atoms with Gasteiger partial charge in [-0.15, -0.1) is 6.42 Å². The number of aromatic nitrogens is 3. The third-order valence-electron chi connectivity index (χ3n) is 3.33. The van der Waals surface area contributed by atoms with Gasteiger partial charge in [0.05, 0.1) is 37.4 Å². The maximum atomic E-state index is 12.5. The van der Waals surface area contributed by atoms with E-state index in [4.69, 9.17) is 18.0 Å². The predicted octanol–water partition coefficient (Wildman–Crippen LogP) is 0.778. The van der Waals surface area contributed by atoms with Crippen molar-refractivity contribution in [3.05, 3.63) is 35.9 Å². The van der Waals surface area contributed by atoms with Crippen LogP contribution >= 0.6 is 11.6 Å². The standard InChI is InChI=1S/C15H16ClN5O3S/c1-4-8-20(14(22)11-19(2)25(3,23)24)13-10-21(18-15(13)16)12-6-5-7-17-9-12/h1,5-7,9-10H,8,11H2,2-3H3. The molecule has 1 amide bonds. The number of terminal acetylenes is 1. The Balaban J connectivity index is 2.33. The molecule has 0 aromatic carbocycles. The minimum Gasteiger partial charge on any atom is -0.295 e. The Morgan fingerprint density at radius 2 is 2.20 bits per heavy atom. The van der Waals surface area contributed by atoms with E-state index >= 15 is 0 Å². The average molecular weight is 382 g/mol. The molecule has 0 saturated carbocycles. The summed E-state index contributed by atoms with van der Waals surface area (Å²) >= 11 is 6.15. The molecule has 0 bridgehead atoms. The lowest BCUT2D eigenvalue weighted by molar-refractivity contribution is -0.118. The fourth-order valence-corrected chi connectivity index (χ4v) is 2.52. The quantitative estimate of drug-likeness (QED) is 0.690. The van der Waals surface area contributed by atoms with Crippen molar-refractivity contribution >= 4 is 33.2 Å². The average Bonchev–Trinajstić information content (AvgIpc) is 2.94. The number of carbonyl (C=O) groups excluding carboxylic acids is 1. The fourth-order valence-electron chi connectivity index (χ4n) is 1.94. The van der Waals surface area contributed by atoms with E-state index in [1.54, 1.807) is 24.5 Å². The number of carbonyl (C=O) groups is 1. The Bertz CT molecular complexity index is 905. The van der Waals surface area contributed by atoms with Crippen LogP contribution in [-0.2, 0) is 14.8 Å². The van der Waals surface area contributed by atoms with E-state index in [1.165, 1.54) is 22.8 Å². The van der Waals surface area contributed by atoms with Crippen LogP contribution in [0.5, 0.6) is 0 Å². The third-order valence-corrected chi connectivity index (χ3v) is 4.86. The van der Waals surface area contributed by atoms with Crippen molar-refractivity contribution in [3.63, 3.8) is 0 Å². The first-order valence-electron chi connectivity index (χ1n) is 7.04. The molecule has 0 aliphatic carbocycles. The fraction of sp³-hybridized carbons (Fsp3) is 0.267. The van der Waals surface area contributed by atoms with Gasteiger partial charge in [-0.2, -0.15) is 9.40 Å². The van der Waals surface area contributed by atoms with Gasteiger partial charge in [0, 0.05) is 13.2 Å². The summed E-state index contributed by atoms with van der Waals surface area (Å²) in [5.41, 5.74) is 0.937. The Labute approximate surface area is 151 Å².